The van der Waals surface area contributed by atoms with Crippen LogP contribution in [0.15, 0.2) is 46.4 Å². The first-order valence-corrected chi connectivity index (χ1v) is 11.7. The lowest BCUT2D eigenvalue weighted by atomic mass is 9.98. The summed E-state index contributed by atoms with van der Waals surface area (Å²) in [6, 6.07) is 9.14. The molecule has 2 aromatic rings. The van der Waals surface area contributed by atoms with Crippen molar-refractivity contribution < 1.29 is 32.5 Å². The smallest absolute Gasteiger partial charge is 0.243 e. The van der Waals surface area contributed by atoms with E-state index in [1.165, 1.54) is 50.0 Å². The molecule has 1 heterocycles. The zero-order valence-electron chi connectivity index (χ0n) is 18.6. The number of rotatable bonds is 8. The number of hydrazone groups is 1. The molecule has 1 saturated heterocycles. The maximum absolute atomic E-state index is 13.0. The van der Waals surface area contributed by atoms with Crippen molar-refractivity contribution in [3.63, 3.8) is 0 Å². The van der Waals surface area contributed by atoms with E-state index in [4.69, 9.17) is 14.2 Å². The molecule has 0 bridgehead atoms. The summed E-state index contributed by atoms with van der Waals surface area (Å²) in [5.41, 5.74) is 3.13. The highest BCUT2D eigenvalue weighted by Gasteiger charge is 2.32. The molecule has 1 amide bonds. The summed E-state index contributed by atoms with van der Waals surface area (Å²) in [4.78, 5) is 12.6. The first kappa shape index (κ1) is 24.3. The molecule has 3 rings (SSSR count). The molecule has 0 atom stereocenters. The molecule has 1 fully saturated rings. The molecule has 0 spiro atoms. The van der Waals surface area contributed by atoms with E-state index >= 15 is 0 Å². The third-order valence-corrected chi connectivity index (χ3v) is 7.30. The van der Waals surface area contributed by atoms with Crippen molar-refractivity contribution in [2.24, 2.45) is 11.0 Å². The molecule has 0 saturated carbocycles. The van der Waals surface area contributed by atoms with Gasteiger partial charge in [-0.25, -0.2) is 13.8 Å². The normalized spacial score (nSPS) is 15.4. The molecule has 2 N–H and O–H groups in total. The van der Waals surface area contributed by atoms with E-state index in [1.54, 1.807) is 18.2 Å². The first-order valence-electron chi connectivity index (χ1n) is 10.2. The summed E-state index contributed by atoms with van der Waals surface area (Å²) in [5.74, 6) is 0.449. The minimum absolute atomic E-state index is 0.00785. The van der Waals surface area contributed by atoms with Crippen molar-refractivity contribution in [2.75, 3.05) is 34.4 Å². The van der Waals surface area contributed by atoms with Crippen LogP contribution in [0.2, 0.25) is 0 Å². The molecular weight excluding hydrogens is 450 g/mol. The van der Waals surface area contributed by atoms with Gasteiger partial charge in [-0.05, 0) is 48.7 Å². The largest absolute Gasteiger partial charge is 0.504 e. The Hall–Kier alpha value is -3.31. The molecule has 0 aromatic heterocycles. The third kappa shape index (κ3) is 5.55. The van der Waals surface area contributed by atoms with E-state index in [9.17, 15) is 18.3 Å². The molecule has 0 unspecified atom stereocenters. The summed E-state index contributed by atoms with van der Waals surface area (Å²) in [6.45, 7) is 0.432. The summed E-state index contributed by atoms with van der Waals surface area (Å²) in [6.07, 6.45) is 2.19. The van der Waals surface area contributed by atoms with E-state index in [2.05, 4.69) is 10.5 Å². The SMILES string of the molecule is COc1cc(/C=N\NC(=O)C2CCN(S(=O)(=O)c3ccc(OC)c(OC)c3)CC2)ccc1O. The van der Waals surface area contributed by atoms with Crippen LogP contribution in [0.4, 0.5) is 0 Å². The maximum Gasteiger partial charge on any atom is 0.243 e. The number of phenolic OH excluding ortho intramolecular Hbond substituents is 1. The van der Waals surface area contributed by atoms with Crippen LogP contribution in [0, 0.1) is 5.92 Å². The molecular formula is C22H27N3O7S. The molecule has 0 radical (unpaired) electrons. The van der Waals surface area contributed by atoms with Gasteiger partial charge in [-0.15, -0.1) is 0 Å². The van der Waals surface area contributed by atoms with Crippen molar-refractivity contribution in [1.82, 2.24) is 9.73 Å². The molecule has 0 aliphatic carbocycles. The van der Waals surface area contributed by atoms with Crippen molar-refractivity contribution in [3.05, 3.63) is 42.0 Å². The van der Waals surface area contributed by atoms with Gasteiger partial charge in [0.2, 0.25) is 15.9 Å². The number of aromatic hydroxyl groups is 1. The number of ether oxygens (including phenoxy) is 3. The van der Waals surface area contributed by atoms with Gasteiger partial charge in [0.25, 0.3) is 0 Å². The van der Waals surface area contributed by atoms with Gasteiger partial charge in [0.15, 0.2) is 23.0 Å². The van der Waals surface area contributed by atoms with Gasteiger partial charge in [0.1, 0.15) is 0 Å². The zero-order chi connectivity index (χ0) is 24.0. The lowest BCUT2D eigenvalue weighted by Gasteiger charge is -2.30. The van der Waals surface area contributed by atoms with Crippen LogP contribution < -0.4 is 19.6 Å². The number of nitrogens with zero attached hydrogens (tertiary/aromatic N) is 2. The lowest BCUT2D eigenvalue weighted by Crippen LogP contribution is -2.42. The fraction of sp³-hybridized carbons (Fsp3) is 0.364. The number of phenols is 1. The highest BCUT2D eigenvalue weighted by molar-refractivity contribution is 7.89. The van der Waals surface area contributed by atoms with Crippen LogP contribution in [-0.2, 0) is 14.8 Å². The first-order chi connectivity index (χ1) is 15.8. The number of sulfonamides is 1. The van der Waals surface area contributed by atoms with Gasteiger partial charge in [-0.1, -0.05) is 0 Å². The predicted octanol–water partition coefficient (Wildman–Crippen LogP) is 1.97. The molecule has 11 heteroatoms. The predicted molar refractivity (Wildman–Crippen MR) is 121 cm³/mol. The number of carbonyl (C=O) groups is 1. The Morgan fingerprint density at radius 2 is 1.70 bits per heavy atom. The van der Waals surface area contributed by atoms with E-state index in [-0.39, 0.29) is 35.6 Å². The number of nitrogens with one attached hydrogen (secondary N) is 1. The molecule has 2 aromatic carbocycles. The Morgan fingerprint density at radius 1 is 1.03 bits per heavy atom. The van der Waals surface area contributed by atoms with Crippen molar-refractivity contribution in [3.8, 4) is 23.0 Å². The van der Waals surface area contributed by atoms with Crippen molar-refractivity contribution in [1.29, 1.82) is 0 Å². The van der Waals surface area contributed by atoms with Gasteiger partial charge < -0.3 is 19.3 Å². The fourth-order valence-electron chi connectivity index (χ4n) is 3.52. The number of amides is 1. The van der Waals surface area contributed by atoms with Crippen LogP contribution >= 0.6 is 0 Å². The van der Waals surface area contributed by atoms with Gasteiger partial charge in [-0.3, -0.25) is 4.79 Å². The quantitative estimate of drug-likeness (QED) is 0.440. The number of methoxy groups -OCH3 is 3. The number of benzene rings is 2. The van der Waals surface area contributed by atoms with Crippen LogP contribution in [0.1, 0.15) is 18.4 Å². The second kappa shape index (κ2) is 10.5. The Morgan fingerprint density at radius 3 is 2.33 bits per heavy atom. The van der Waals surface area contributed by atoms with Crippen LogP contribution in [-0.4, -0.2) is 64.4 Å². The number of piperidine rings is 1. The standard InChI is InChI=1S/C22H27N3O7S/c1-30-19-7-5-17(13-21(19)32-3)33(28,29)25-10-8-16(9-11-25)22(27)24-23-14-15-4-6-18(26)20(12-15)31-2/h4-7,12-14,16,26H,8-11H2,1-3H3,(H,24,27)/b23-14-. The minimum atomic E-state index is -3.73. The van der Waals surface area contributed by atoms with Crippen LogP contribution in [0.5, 0.6) is 23.0 Å². The Bertz CT molecular complexity index is 1130. The Kier molecular flexibility index (Phi) is 7.77. The van der Waals surface area contributed by atoms with Crippen LogP contribution in [0.3, 0.4) is 0 Å². The average molecular weight is 478 g/mol. The topological polar surface area (TPSA) is 127 Å². The lowest BCUT2D eigenvalue weighted by molar-refractivity contribution is -0.126. The Balaban J connectivity index is 1.58. The van der Waals surface area contributed by atoms with E-state index in [0.717, 1.165) is 0 Å². The van der Waals surface area contributed by atoms with Crippen molar-refractivity contribution >= 4 is 22.1 Å². The number of hydrogen-bond donors (Lipinski definition) is 2. The number of carbonyl (C=O) groups excluding carboxylic acids is 1. The molecule has 1 aliphatic heterocycles. The van der Waals surface area contributed by atoms with E-state index in [1.807, 2.05) is 0 Å². The summed E-state index contributed by atoms with van der Waals surface area (Å²) in [5, 5.41) is 13.6. The fourth-order valence-corrected chi connectivity index (χ4v) is 5.01. The zero-order valence-corrected chi connectivity index (χ0v) is 19.5. The average Bonchev–Trinajstić information content (AvgIpc) is 2.84. The van der Waals surface area contributed by atoms with Gasteiger partial charge in [0.05, 0.1) is 32.4 Å². The van der Waals surface area contributed by atoms with Gasteiger partial charge in [-0.2, -0.15) is 9.41 Å². The summed E-state index contributed by atoms with van der Waals surface area (Å²) >= 11 is 0. The Labute approximate surface area is 192 Å². The summed E-state index contributed by atoms with van der Waals surface area (Å²) < 4.78 is 42.8. The number of hydrogen-bond acceptors (Lipinski definition) is 8. The second-order valence-electron chi connectivity index (χ2n) is 7.36. The molecule has 10 nitrogen and oxygen atoms in total. The van der Waals surface area contributed by atoms with Gasteiger partial charge in [0, 0.05) is 25.1 Å². The molecule has 33 heavy (non-hydrogen) atoms. The highest BCUT2D eigenvalue weighted by atomic mass is 32.2. The monoisotopic (exact) mass is 477 g/mol. The van der Waals surface area contributed by atoms with Crippen molar-refractivity contribution in [2.45, 2.75) is 17.7 Å². The maximum atomic E-state index is 13.0. The second-order valence-corrected chi connectivity index (χ2v) is 9.30. The molecule has 1 aliphatic rings. The van der Waals surface area contributed by atoms with E-state index < -0.39 is 10.0 Å². The minimum Gasteiger partial charge on any atom is -0.504 e. The molecule has 178 valence electrons. The van der Waals surface area contributed by atoms with E-state index in [0.29, 0.717) is 35.7 Å². The highest BCUT2D eigenvalue weighted by Crippen LogP contribution is 2.32. The summed E-state index contributed by atoms with van der Waals surface area (Å²) in [7, 11) is 0.635. The van der Waals surface area contributed by atoms with Crippen LogP contribution in [0.25, 0.3) is 0 Å². The van der Waals surface area contributed by atoms with Gasteiger partial charge >= 0.3 is 0 Å². The third-order valence-electron chi connectivity index (χ3n) is 5.41.